The molecule has 0 aliphatic rings. The van der Waals surface area contributed by atoms with Crippen LogP contribution < -0.4 is 0 Å². The smallest absolute Gasteiger partial charge is 0.114 e. The molecule has 0 spiro atoms. The fourth-order valence-electron chi connectivity index (χ4n) is 1.48. The number of rotatable bonds is 2. The Hall–Kier alpha value is -0.350. The van der Waals surface area contributed by atoms with E-state index in [2.05, 4.69) is 15.9 Å². The van der Waals surface area contributed by atoms with E-state index in [-0.39, 0.29) is 0 Å². The van der Waals surface area contributed by atoms with Crippen molar-refractivity contribution in [3.63, 3.8) is 0 Å². The van der Waals surface area contributed by atoms with E-state index < -0.39 is 6.10 Å². The molecular formula is C12H10BrClOS. The number of halogens is 2. The molecule has 0 fully saturated rings. The summed E-state index contributed by atoms with van der Waals surface area (Å²) in [6, 6.07) is 9.37. The van der Waals surface area contributed by atoms with Crippen LogP contribution in [0.1, 0.15) is 21.4 Å². The van der Waals surface area contributed by atoms with E-state index in [0.29, 0.717) is 5.02 Å². The van der Waals surface area contributed by atoms with Gasteiger partial charge in [0, 0.05) is 24.8 Å². The second-order valence-corrected chi connectivity index (χ2v) is 6.13. The highest BCUT2D eigenvalue weighted by atomic mass is 79.9. The molecule has 1 atom stereocenters. The fraction of sp³-hybridized carbons (Fsp3) is 0.167. The highest BCUT2D eigenvalue weighted by Crippen LogP contribution is 2.33. The van der Waals surface area contributed by atoms with E-state index in [4.69, 9.17) is 11.6 Å². The van der Waals surface area contributed by atoms with E-state index in [0.717, 1.165) is 14.9 Å². The van der Waals surface area contributed by atoms with Gasteiger partial charge in [-0.05, 0) is 31.2 Å². The molecule has 2 rings (SSSR count). The van der Waals surface area contributed by atoms with Crippen molar-refractivity contribution < 1.29 is 5.11 Å². The molecule has 16 heavy (non-hydrogen) atoms. The third-order valence-corrected chi connectivity index (χ3v) is 4.26. The third-order valence-electron chi connectivity index (χ3n) is 2.29. The van der Waals surface area contributed by atoms with Gasteiger partial charge in [0.2, 0.25) is 0 Å². The van der Waals surface area contributed by atoms with Gasteiger partial charge in [0.1, 0.15) is 6.10 Å². The standard InChI is InChI=1S/C12H10BrClOS/c1-7-2-5-11(16-7)12(15)9-4-3-8(14)6-10(9)13/h2-6,12,15H,1H3. The van der Waals surface area contributed by atoms with Crippen LogP contribution in [0.3, 0.4) is 0 Å². The molecule has 0 aliphatic heterocycles. The Bertz CT molecular complexity index is 509. The Labute approximate surface area is 112 Å². The highest BCUT2D eigenvalue weighted by Gasteiger charge is 2.15. The number of hydrogen-bond donors (Lipinski definition) is 1. The largest absolute Gasteiger partial charge is 0.383 e. The predicted molar refractivity (Wildman–Crippen MR) is 72.3 cm³/mol. The van der Waals surface area contributed by atoms with E-state index in [1.165, 1.54) is 4.88 Å². The van der Waals surface area contributed by atoms with Crippen molar-refractivity contribution in [2.24, 2.45) is 0 Å². The summed E-state index contributed by atoms with van der Waals surface area (Å²) in [6.45, 7) is 2.03. The lowest BCUT2D eigenvalue weighted by molar-refractivity contribution is 0.223. The van der Waals surface area contributed by atoms with Gasteiger partial charge < -0.3 is 5.11 Å². The van der Waals surface area contributed by atoms with Crippen molar-refractivity contribution in [1.82, 2.24) is 0 Å². The highest BCUT2D eigenvalue weighted by molar-refractivity contribution is 9.10. The first-order valence-electron chi connectivity index (χ1n) is 4.77. The molecule has 2 aromatic rings. The van der Waals surface area contributed by atoms with Crippen LogP contribution in [0.2, 0.25) is 5.02 Å². The van der Waals surface area contributed by atoms with E-state index in [1.54, 1.807) is 23.5 Å². The first-order valence-corrected chi connectivity index (χ1v) is 6.76. The Morgan fingerprint density at radius 1 is 1.31 bits per heavy atom. The second kappa shape index (κ2) is 4.88. The molecule has 0 bridgehead atoms. The zero-order valence-electron chi connectivity index (χ0n) is 8.58. The van der Waals surface area contributed by atoms with Gasteiger partial charge in [0.25, 0.3) is 0 Å². The molecule has 1 heterocycles. The molecule has 1 unspecified atom stereocenters. The molecule has 1 N–H and O–H groups in total. The summed E-state index contributed by atoms with van der Waals surface area (Å²) in [5.74, 6) is 0. The normalized spacial score (nSPS) is 12.8. The number of aryl methyl sites for hydroxylation is 1. The van der Waals surface area contributed by atoms with Gasteiger partial charge in [-0.2, -0.15) is 0 Å². The summed E-state index contributed by atoms with van der Waals surface area (Å²) >= 11 is 10.9. The lowest BCUT2D eigenvalue weighted by Crippen LogP contribution is -1.97. The van der Waals surface area contributed by atoms with E-state index in [1.807, 2.05) is 25.1 Å². The summed E-state index contributed by atoms with van der Waals surface area (Å²) in [7, 11) is 0. The molecule has 84 valence electrons. The van der Waals surface area contributed by atoms with Crippen LogP contribution in [0.5, 0.6) is 0 Å². The number of aliphatic hydroxyl groups excluding tert-OH is 1. The van der Waals surface area contributed by atoms with Gasteiger partial charge in [-0.1, -0.05) is 33.6 Å². The minimum Gasteiger partial charge on any atom is -0.383 e. The van der Waals surface area contributed by atoms with E-state index in [9.17, 15) is 5.11 Å². The van der Waals surface area contributed by atoms with Crippen molar-refractivity contribution >= 4 is 38.9 Å². The summed E-state index contributed by atoms with van der Waals surface area (Å²) < 4.78 is 0.832. The monoisotopic (exact) mass is 316 g/mol. The quantitative estimate of drug-likeness (QED) is 0.861. The Morgan fingerprint density at radius 3 is 2.62 bits per heavy atom. The SMILES string of the molecule is Cc1ccc(C(O)c2ccc(Cl)cc2Br)s1. The van der Waals surface area contributed by atoms with Crippen LogP contribution in [0.4, 0.5) is 0 Å². The van der Waals surface area contributed by atoms with Crippen LogP contribution in [-0.2, 0) is 0 Å². The Morgan fingerprint density at radius 2 is 2.06 bits per heavy atom. The van der Waals surface area contributed by atoms with Gasteiger partial charge in [-0.3, -0.25) is 0 Å². The molecule has 4 heteroatoms. The number of aliphatic hydroxyl groups is 1. The average molecular weight is 318 g/mol. The molecule has 0 saturated heterocycles. The Kier molecular flexibility index (Phi) is 3.70. The van der Waals surface area contributed by atoms with Crippen molar-refractivity contribution in [3.8, 4) is 0 Å². The first-order chi connectivity index (χ1) is 7.58. The third kappa shape index (κ3) is 2.48. The van der Waals surface area contributed by atoms with Gasteiger partial charge in [-0.25, -0.2) is 0 Å². The molecule has 1 aromatic heterocycles. The summed E-state index contributed by atoms with van der Waals surface area (Å²) in [5.41, 5.74) is 0.839. The molecule has 0 radical (unpaired) electrons. The number of hydrogen-bond acceptors (Lipinski definition) is 2. The minimum absolute atomic E-state index is 0.592. The summed E-state index contributed by atoms with van der Waals surface area (Å²) in [4.78, 5) is 2.14. The lowest BCUT2D eigenvalue weighted by Gasteiger charge is -2.11. The average Bonchev–Trinajstić information content (AvgIpc) is 2.64. The van der Waals surface area contributed by atoms with Crippen LogP contribution in [0, 0.1) is 6.92 Å². The second-order valence-electron chi connectivity index (χ2n) is 3.52. The zero-order valence-corrected chi connectivity index (χ0v) is 11.7. The summed E-state index contributed by atoms with van der Waals surface area (Å²) in [5, 5.41) is 10.9. The van der Waals surface area contributed by atoms with Crippen molar-refractivity contribution in [3.05, 3.63) is 55.1 Å². The number of thiophene rings is 1. The van der Waals surface area contributed by atoms with Crippen LogP contribution in [-0.4, -0.2) is 5.11 Å². The first kappa shape index (κ1) is 12.1. The van der Waals surface area contributed by atoms with Crippen molar-refractivity contribution in [2.45, 2.75) is 13.0 Å². The molecular weight excluding hydrogens is 308 g/mol. The predicted octanol–water partition coefficient (Wildman–Crippen LogP) is 4.55. The van der Waals surface area contributed by atoms with Crippen LogP contribution in [0.25, 0.3) is 0 Å². The van der Waals surface area contributed by atoms with Gasteiger partial charge in [-0.15, -0.1) is 11.3 Å². The molecule has 1 nitrogen and oxygen atoms in total. The van der Waals surface area contributed by atoms with Crippen LogP contribution in [0.15, 0.2) is 34.8 Å². The molecule has 0 saturated carbocycles. The van der Waals surface area contributed by atoms with Crippen molar-refractivity contribution in [1.29, 1.82) is 0 Å². The topological polar surface area (TPSA) is 20.2 Å². The maximum absolute atomic E-state index is 10.2. The number of benzene rings is 1. The molecule has 0 amide bonds. The van der Waals surface area contributed by atoms with Crippen LogP contribution >= 0.6 is 38.9 Å². The maximum Gasteiger partial charge on any atom is 0.114 e. The van der Waals surface area contributed by atoms with Gasteiger partial charge in [0.15, 0.2) is 0 Å². The lowest BCUT2D eigenvalue weighted by atomic mass is 10.1. The fourth-order valence-corrected chi connectivity index (χ4v) is 3.26. The van der Waals surface area contributed by atoms with Gasteiger partial charge in [0.05, 0.1) is 0 Å². The summed E-state index contributed by atoms with van der Waals surface area (Å²) in [6.07, 6.45) is -0.592. The molecule has 1 aromatic carbocycles. The van der Waals surface area contributed by atoms with Crippen molar-refractivity contribution in [2.75, 3.05) is 0 Å². The maximum atomic E-state index is 10.2. The Balaban J connectivity index is 2.37. The molecule has 0 aliphatic carbocycles. The zero-order chi connectivity index (χ0) is 11.7. The van der Waals surface area contributed by atoms with Gasteiger partial charge >= 0.3 is 0 Å². The minimum atomic E-state index is -0.592. The van der Waals surface area contributed by atoms with E-state index >= 15 is 0 Å².